The highest BCUT2D eigenvalue weighted by Gasteiger charge is 2.36. The van der Waals surface area contributed by atoms with Gasteiger partial charge in [0.05, 0.1) is 12.2 Å². The van der Waals surface area contributed by atoms with Crippen molar-refractivity contribution in [3.63, 3.8) is 0 Å². The Bertz CT molecular complexity index is 232. The van der Waals surface area contributed by atoms with E-state index >= 15 is 0 Å². The summed E-state index contributed by atoms with van der Waals surface area (Å²) in [7, 11) is -3.42. The first-order valence-electron chi connectivity index (χ1n) is 6.02. The fourth-order valence-electron chi connectivity index (χ4n) is 1.33. The summed E-state index contributed by atoms with van der Waals surface area (Å²) in [6.45, 7) is 7.12. The maximum absolute atomic E-state index is 12.4. The van der Waals surface area contributed by atoms with E-state index in [1.807, 2.05) is 0 Å². The van der Waals surface area contributed by atoms with Crippen molar-refractivity contribution >= 4 is 23.5 Å². The van der Waals surface area contributed by atoms with Crippen LogP contribution in [-0.2, 0) is 13.6 Å². The Morgan fingerprint density at radius 3 is 1.94 bits per heavy atom. The Hall–Kier alpha value is 0.590. The number of alkyl halides is 1. The molecule has 0 bridgehead atoms. The molecule has 6 heteroatoms. The summed E-state index contributed by atoms with van der Waals surface area (Å²) >= 11 is 3.32. The molecule has 0 aromatic rings. The van der Waals surface area contributed by atoms with Gasteiger partial charge in [-0.2, -0.15) is 0 Å². The smallest absolute Gasteiger partial charge is 0.359 e. The third-order valence-corrected chi connectivity index (χ3v) is 4.91. The zero-order valence-electron chi connectivity index (χ0n) is 11.1. The molecule has 0 aromatic heterocycles. The third kappa shape index (κ3) is 7.58. The van der Waals surface area contributed by atoms with Gasteiger partial charge in [0.15, 0.2) is 5.85 Å². The van der Waals surface area contributed by atoms with Crippen LogP contribution in [0, 0.1) is 0 Å². The average Bonchev–Trinajstić information content (AvgIpc) is 2.15. The van der Waals surface area contributed by atoms with E-state index in [0.717, 1.165) is 18.2 Å². The maximum atomic E-state index is 12.4. The van der Waals surface area contributed by atoms with Crippen molar-refractivity contribution < 1.29 is 18.7 Å². The standard InChI is InChI=1S/C11H24BrO4P/c1-9(2)15-17(14,16-10(3)4)11(13)7-5-6-8-12/h9-11,13H,5-8H2,1-4H3/t11-/m0/s1. The lowest BCUT2D eigenvalue weighted by Gasteiger charge is -2.26. The minimum atomic E-state index is -3.42. The van der Waals surface area contributed by atoms with Crippen molar-refractivity contribution in [2.24, 2.45) is 0 Å². The van der Waals surface area contributed by atoms with Gasteiger partial charge in [-0.05, 0) is 47.0 Å². The predicted molar refractivity (Wildman–Crippen MR) is 73.7 cm³/mol. The first kappa shape index (κ1) is 17.6. The van der Waals surface area contributed by atoms with Crippen LogP contribution in [0.15, 0.2) is 0 Å². The average molecular weight is 331 g/mol. The van der Waals surface area contributed by atoms with E-state index < -0.39 is 13.4 Å². The van der Waals surface area contributed by atoms with Gasteiger partial charge in [0.1, 0.15) is 0 Å². The molecule has 0 aliphatic rings. The number of aliphatic hydroxyl groups is 1. The summed E-state index contributed by atoms with van der Waals surface area (Å²) in [5, 5.41) is 10.8. The molecule has 0 aromatic carbocycles. The van der Waals surface area contributed by atoms with E-state index in [9.17, 15) is 9.67 Å². The molecule has 0 spiro atoms. The van der Waals surface area contributed by atoms with E-state index in [4.69, 9.17) is 9.05 Å². The minimum absolute atomic E-state index is 0.231. The monoisotopic (exact) mass is 330 g/mol. The van der Waals surface area contributed by atoms with Crippen LogP contribution in [0.25, 0.3) is 0 Å². The summed E-state index contributed by atoms with van der Waals surface area (Å²) in [6, 6.07) is 0. The van der Waals surface area contributed by atoms with Crippen LogP contribution in [0.2, 0.25) is 0 Å². The summed E-state index contributed by atoms with van der Waals surface area (Å²) in [6.07, 6.45) is 1.69. The van der Waals surface area contributed by atoms with Crippen LogP contribution in [0.5, 0.6) is 0 Å². The molecule has 4 nitrogen and oxygen atoms in total. The lowest BCUT2D eigenvalue weighted by Crippen LogP contribution is -2.18. The molecule has 1 atom stereocenters. The van der Waals surface area contributed by atoms with Gasteiger partial charge in [-0.15, -0.1) is 0 Å². The zero-order chi connectivity index (χ0) is 13.5. The minimum Gasteiger partial charge on any atom is -0.380 e. The molecule has 0 aliphatic carbocycles. The second-order valence-electron chi connectivity index (χ2n) is 4.51. The van der Waals surface area contributed by atoms with Gasteiger partial charge in [-0.3, -0.25) is 4.57 Å². The predicted octanol–water partition coefficient (Wildman–Crippen LogP) is 3.91. The van der Waals surface area contributed by atoms with E-state index in [1.165, 1.54) is 0 Å². The highest BCUT2D eigenvalue weighted by Crippen LogP contribution is 2.55. The van der Waals surface area contributed by atoms with E-state index in [1.54, 1.807) is 27.7 Å². The zero-order valence-corrected chi connectivity index (χ0v) is 13.5. The Morgan fingerprint density at radius 2 is 1.59 bits per heavy atom. The quantitative estimate of drug-likeness (QED) is 0.395. The van der Waals surface area contributed by atoms with Crippen molar-refractivity contribution in [1.82, 2.24) is 0 Å². The molecule has 0 heterocycles. The van der Waals surface area contributed by atoms with E-state index in [0.29, 0.717) is 6.42 Å². The van der Waals surface area contributed by atoms with Crippen LogP contribution < -0.4 is 0 Å². The van der Waals surface area contributed by atoms with Crippen LogP contribution in [0.3, 0.4) is 0 Å². The maximum Gasteiger partial charge on any atom is 0.359 e. The summed E-state index contributed by atoms with van der Waals surface area (Å²) in [5.41, 5.74) is 0. The number of hydrogen-bond donors (Lipinski definition) is 1. The fraction of sp³-hybridized carbons (Fsp3) is 1.00. The molecule has 17 heavy (non-hydrogen) atoms. The normalized spacial score (nSPS) is 14.6. The Morgan fingerprint density at radius 1 is 1.12 bits per heavy atom. The lowest BCUT2D eigenvalue weighted by molar-refractivity contribution is 0.0974. The summed E-state index contributed by atoms with van der Waals surface area (Å²) < 4.78 is 23.0. The molecule has 0 rings (SSSR count). The van der Waals surface area contributed by atoms with E-state index in [2.05, 4.69) is 15.9 Å². The highest BCUT2D eigenvalue weighted by atomic mass is 79.9. The molecule has 0 unspecified atom stereocenters. The SMILES string of the molecule is CC(C)OP(=O)(OC(C)C)[C@H](O)CCCCBr. The van der Waals surface area contributed by atoms with Crippen LogP contribution in [-0.4, -0.2) is 28.5 Å². The molecule has 1 N–H and O–H groups in total. The molecule has 0 amide bonds. The molecule has 0 radical (unpaired) electrons. The second kappa shape index (κ2) is 8.65. The Balaban J connectivity index is 4.49. The number of halogens is 1. The first-order valence-corrected chi connectivity index (χ1v) is 8.75. The number of aliphatic hydroxyl groups excluding tert-OH is 1. The summed E-state index contributed by atoms with van der Waals surface area (Å²) in [4.78, 5) is 0. The highest BCUT2D eigenvalue weighted by molar-refractivity contribution is 9.09. The van der Waals surface area contributed by atoms with Gasteiger partial charge in [0.25, 0.3) is 0 Å². The molecule has 104 valence electrons. The fourth-order valence-corrected chi connectivity index (χ4v) is 3.73. The Labute approximate surface area is 113 Å². The number of unbranched alkanes of at least 4 members (excludes halogenated alkanes) is 1. The van der Waals surface area contributed by atoms with Crippen LogP contribution in [0.1, 0.15) is 47.0 Å². The molecular formula is C11H24BrO4P. The van der Waals surface area contributed by atoms with Gasteiger partial charge >= 0.3 is 7.60 Å². The van der Waals surface area contributed by atoms with Crippen molar-refractivity contribution in [3.05, 3.63) is 0 Å². The van der Waals surface area contributed by atoms with Crippen molar-refractivity contribution in [3.8, 4) is 0 Å². The van der Waals surface area contributed by atoms with Gasteiger partial charge in [-0.25, -0.2) is 0 Å². The largest absolute Gasteiger partial charge is 0.380 e. The second-order valence-corrected chi connectivity index (χ2v) is 7.40. The molecule has 0 saturated heterocycles. The van der Waals surface area contributed by atoms with Crippen LogP contribution in [0.4, 0.5) is 0 Å². The molecule has 0 saturated carbocycles. The lowest BCUT2D eigenvalue weighted by atomic mass is 10.3. The van der Waals surface area contributed by atoms with Gasteiger partial charge in [0.2, 0.25) is 0 Å². The van der Waals surface area contributed by atoms with Crippen molar-refractivity contribution in [2.75, 3.05) is 5.33 Å². The topological polar surface area (TPSA) is 55.8 Å². The van der Waals surface area contributed by atoms with Gasteiger partial charge in [-0.1, -0.05) is 15.9 Å². The third-order valence-electron chi connectivity index (χ3n) is 1.93. The molecular weight excluding hydrogens is 307 g/mol. The van der Waals surface area contributed by atoms with Crippen molar-refractivity contribution in [1.29, 1.82) is 0 Å². The van der Waals surface area contributed by atoms with Gasteiger partial charge in [0, 0.05) is 5.33 Å². The number of rotatable bonds is 9. The number of hydrogen-bond acceptors (Lipinski definition) is 4. The first-order chi connectivity index (χ1) is 7.81. The summed E-state index contributed by atoms with van der Waals surface area (Å²) in [5.74, 6) is -1.04. The Kier molecular flexibility index (Phi) is 8.95. The van der Waals surface area contributed by atoms with Crippen molar-refractivity contribution in [2.45, 2.75) is 65.0 Å². The molecule has 0 aliphatic heterocycles. The van der Waals surface area contributed by atoms with E-state index in [-0.39, 0.29) is 12.2 Å². The van der Waals surface area contributed by atoms with Gasteiger partial charge < -0.3 is 14.2 Å². The molecule has 0 fully saturated rings. The van der Waals surface area contributed by atoms with Crippen LogP contribution >= 0.6 is 23.5 Å².